The highest BCUT2D eigenvalue weighted by atomic mass is 79.9. The van der Waals surface area contributed by atoms with Gasteiger partial charge in [0, 0.05) is 15.6 Å². The molecule has 0 bridgehead atoms. The summed E-state index contributed by atoms with van der Waals surface area (Å²) in [7, 11) is 1.49. The smallest absolute Gasteiger partial charge is 0.161 e. The highest BCUT2D eigenvalue weighted by Crippen LogP contribution is 2.29. The van der Waals surface area contributed by atoms with Crippen molar-refractivity contribution in [2.75, 3.05) is 7.11 Å². The number of nitrogens with two attached hydrogens (primary N) is 1. The molecule has 0 unspecified atom stereocenters. The van der Waals surface area contributed by atoms with E-state index < -0.39 is 0 Å². The van der Waals surface area contributed by atoms with Crippen LogP contribution < -0.4 is 15.2 Å². The number of methoxy groups -OCH3 is 1. The third-order valence-electron chi connectivity index (χ3n) is 2.87. The summed E-state index contributed by atoms with van der Waals surface area (Å²) in [5.74, 6) is 0.510. The van der Waals surface area contributed by atoms with Gasteiger partial charge in [0.15, 0.2) is 11.5 Å². The summed E-state index contributed by atoms with van der Waals surface area (Å²) in [6.45, 7) is 0.0705. The Hall–Kier alpha value is -2.08. The van der Waals surface area contributed by atoms with Gasteiger partial charge in [-0.3, -0.25) is 5.41 Å². The molecule has 0 aliphatic carbocycles. The van der Waals surface area contributed by atoms with Crippen molar-refractivity contribution in [3.05, 3.63) is 57.8 Å². The fourth-order valence-electron chi connectivity index (χ4n) is 1.76. The Morgan fingerprint density at radius 3 is 2.67 bits per heavy atom. The van der Waals surface area contributed by atoms with E-state index in [4.69, 9.17) is 20.6 Å². The van der Waals surface area contributed by atoms with Gasteiger partial charge in [-0.2, -0.15) is 0 Å². The normalized spacial score (nSPS) is 10.2. The molecule has 0 atom stereocenters. The minimum atomic E-state index is -0.336. The van der Waals surface area contributed by atoms with Gasteiger partial charge >= 0.3 is 0 Å². The Morgan fingerprint density at radius 2 is 2.00 bits per heavy atom. The van der Waals surface area contributed by atoms with Crippen molar-refractivity contribution in [3.8, 4) is 11.5 Å². The lowest BCUT2D eigenvalue weighted by molar-refractivity contribution is 0.279. The molecule has 0 aliphatic rings. The largest absolute Gasteiger partial charge is 0.493 e. The van der Waals surface area contributed by atoms with E-state index in [9.17, 15) is 4.39 Å². The first kappa shape index (κ1) is 15.3. The van der Waals surface area contributed by atoms with Crippen LogP contribution in [0.15, 0.2) is 40.9 Å². The first-order chi connectivity index (χ1) is 10.0. The molecule has 0 saturated heterocycles. The van der Waals surface area contributed by atoms with Crippen molar-refractivity contribution in [1.29, 1.82) is 5.41 Å². The van der Waals surface area contributed by atoms with Crippen molar-refractivity contribution >= 4 is 21.8 Å². The number of ether oxygens (including phenoxy) is 2. The molecule has 110 valence electrons. The number of rotatable bonds is 5. The van der Waals surface area contributed by atoms with Crippen molar-refractivity contribution in [2.24, 2.45) is 5.73 Å². The average Bonchev–Trinajstić information content (AvgIpc) is 2.47. The molecular weight excluding hydrogens is 339 g/mol. The lowest BCUT2D eigenvalue weighted by Crippen LogP contribution is -2.11. The maximum Gasteiger partial charge on any atom is 0.161 e. The molecule has 4 nitrogen and oxygen atoms in total. The van der Waals surface area contributed by atoms with E-state index >= 15 is 0 Å². The Balaban J connectivity index is 2.19. The van der Waals surface area contributed by atoms with E-state index in [1.807, 2.05) is 0 Å². The predicted molar refractivity (Wildman–Crippen MR) is 82.4 cm³/mol. The maximum atomic E-state index is 13.6. The van der Waals surface area contributed by atoms with Gasteiger partial charge < -0.3 is 15.2 Å². The van der Waals surface area contributed by atoms with E-state index in [2.05, 4.69) is 15.9 Å². The number of benzene rings is 2. The molecule has 21 heavy (non-hydrogen) atoms. The fraction of sp³-hybridized carbons (Fsp3) is 0.133. The van der Waals surface area contributed by atoms with Crippen LogP contribution in [0.2, 0.25) is 0 Å². The Bertz CT molecular complexity index is 677. The van der Waals surface area contributed by atoms with Crippen molar-refractivity contribution in [3.63, 3.8) is 0 Å². The molecule has 6 heteroatoms. The summed E-state index contributed by atoms with van der Waals surface area (Å²) in [5.41, 5.74) is 6.39. The van der Waals surface area contributed by atoms with Crippen LogP contribution in [0.3, 0.4) is 0 Å². The monoisotopic (exact) mass is 352 g/mol. The third-order valence-corrected chi connectivity index (χ3v) is 3.36. The van der Waals surface area contributed by atoms with Gasteiger partial charge in [0.25, 0.3) is 0 Å². The summed E-state index contributed by atoms with van der Waals surface area (Å²) >= 11 is 3.29. The molecule has 0 aromatic heterocycles. The minimum absolute atomic E-state index is 0.0575. The topological polar surface area (TPSA) is 68.3 Å². The summed E-state index contributed by atoms with van der Waals surface area (Å²) in [6.07, 6.45) is 0. The van der Waals surface area contributed by atoms with Gasteiger partial charge in [0.2, 0.25) is 0 Å². The fourth-order valence-corrected chi connectivity index (χ4v) is 2.17. The summed E-state index contributed by atoms with van der Waals surface area (Å²) in [5, 5.41) is 7.39. The molecule has 0 radical (unpaired) electrons. The number of hydrogen-bond donors (Lipinski definition) is 2. The van der Waals surface area contributed by atoms with Crippen LogP contribution in [0.25, 0.3) is 0 Å². The van der Waals surface area contributed by atoms with Crippen LogP contribution in [-0.4, -0.2) is 12.9 Å². The van der Waals surface area contributed by atoms with Crippen LogP contribution in [-0.2, 0) is 6.61 Å². The molecule has 0 heterocycles. The summed E-state index contributed by atoms with van der Waals surface area (Å²) in [4.78, 5) is 0. The van der Waals surface area contributed by atoms with Gasteiger partial charge in [-0.15, -0.1) is 0 Å². The zero-order valence-corrected chi connectivity index (χ0v) is 12.9. The second-order valence-corrected chi connectivity index (χ2v) is 5.22. The van der Waals surface area contributed by atoms with E-state index in [0.29, 0.717) is 22.6 Å². The highest BCUT2D eigenvalue weighted by molar-refractivity contribution is 9.10. The molecule has 2 rings (SSSR count). The average molecular weight is 353 g/mol. The van der Waals surface area contributed by atoms with E-state index in [0.717, 1.165) is 4.47 Å². The molecule has 0 saturated carbocycles. The minimum Gasteiger partial charge on any atom is -0.493 e. The Kier molecular flexibility index (Phi) is 4.80. The first-order valence-electron chi connectivity index (χ1n) is 6.10. The predicted octanol–water partition coefficient (Wildman–Crippen LogP) is 3.46. The maximum absolute atomic E-state index is 13.6. The number of halogens is 2. The lowest BCUT2D eigenvalue weighted by atomic mass is 10.2. The second kappa shape index (κ2) is 6.58. The number of nitrogens with one attached hydrogen (secondary N) is 1. The van der Waals surface area contributed by atoms with Gasteiger partial charge in [0.1, 0.15) is 18.3 Å². The number of nitrogen functional groups attached to an aromatic ring is 1. The van der Waals surface area contributed by atoms with Gasteiger partial charge in [0.05, 0.1) is 7.11 Å². The van der Waals surface area contributed by atoms with E-state index in [1.165, 1.54) is 13.2 Å². The number of amidine groups is 1. The van der Waals surface area contributed by atoms with Crippen LogP contribution in [0.4, 0.5) is 4.39 Å². The molecule has 0 spiro atoms. The molecular formula is C15H14BrFN2O2. The Labute approximate surface area is 130 Å². The third kappa shape index (κ3) is 3.72. The summed E-state index contributed by atoms with van der Waals surface area (Å²) < 4.78 is 25.2. The zero-order chi connectivity index (χ0) is 15.4. The lowest BCUT2D eigenvalue weighted by Gasteiger charge is -2.12. The quantitative estimate of drug-likeness (QED) is 0.639. The standard InChI is InChI=1S/C15H14BrFN2O2/c1-20-14-7-9(15(18)19)2-5-13(14)21-8-10-6-11(16)3-4-12(10)17/h2-7H,8H2,1H3,(H3,18,19). The van der Waals surface area contributed by atoms with Crippen LogP contribution in [0.1, 0.15) is 11.1 Å². The summed E-state index contributed by atoms with van der Waals surface area (Å²) in [6, 6.07) is 9.56. The number of hydrogen-bond acceptors (Lipinski definition) is 3. The van der Waals surface area contributed by atoms with Gasteiger partial charge in [-0.25, -0.2) is 4.39 Å². The SMILES string of the molecule is COc1cc(C(=N)N)ccc1OCc1cc(Br)ccc1F. The Morgan fingerprint density at radius 1 is 1.24 bits per heavy atom. The van der Waals surface area contributed by atoms with E-state index in [1.54, 1.807) is 30.3 Å². The van der Waals surface area contributed by atoms with Gasteiger partial charge in [-0.1, -0.05) is 15.9 Å². The second-order valence-electron chi connectivity index (χ2n) is 4.30. The van der Waals surface area contributed by atoms with Crippen molar-refractivity contribution in [2.45, 2.75) is 6.61 Å². The molecule has 3 N–H and O–H groups in total. The van der Waals surface area contributed by atoms with Crippen LogP contribution >= 0.6 is 15.9 Å². The van der Waals surface area contributed by atoms with Crippen molar-refractivity contribution in [1.82, 2.24) is 0 Å². The van der Waals surface area contributed by atoms with Crippen molar-refractivity contribution < 1.29 is 13.9 Å². The highest BCUT2D eigenvalue weighted by Gasteiger charge is 2.09. The molecule has 2 aromatic rings. The zero-order valence-electron chi connectivity index (χ0n) is 11.3. The van der Waals surface area contributed by atoms with Crippen LogP contribution in [0.5, 0.6) is 11.5 Å². The van der Waals surface area contributed by atoms with Gasteiger partial charge in [-0.05, 0) is 36.4 Å². The first-order valence-corrected chi connectivity index (χ1v) is 6.89. The molecule has 0 amide bonds. The molecule has 0 aliphatic heterocycles. The van der Waals surface area contributed by atoms with Crippen LogP contribution in [0, 0.1) is 11.2 Å². The molecule has 2 aromatic carbocycles. The molecule has 0 fully saturated rings. The van der Waals surface area contributed by atoms with E-state index in [-0.39, 0.29) is 18.3 Å².